The molecule has 1 rings (SSSR count). The van der Waals surface area contributed by atoms with Crippen LogP contribution in [0.1, 0.15) is 15.9 Å². The highest BCUT2D eigenvalue weighted by Gasteiger charge is 2.04. The number of rotatable bonds is 6. The molecule has 0 unspecified atom stereocenters. The van der Waals surface area contributed by atoms with E-state index in [0.29, 0.717) is 12.1 Å². The van der Waals surface area contributed by atoms with Crippen molar-refractivity contribution in [3.8, 4) is 0 Å². The number of methoxy groups -OCH3 is 3. The Morgan fingerprint density at radius 2 is 1.83 bits per heavy atom. The van der Waals surface area contributed by atoms with E-state index in [4.69, 9.17) is 9.47 Å². The molecule has 0 N–H and O–H groups in total. The molecule has 0 heterocycles. The molecule has 0 atom stereocenters. The molecule has 1 aromatic rings. The third-order valence-corrected chi connectivity index (χ3v) is 2.35. The van der Waals surface area contributed by atoms with Crippen molar-refractivity contribution in [3.63, 3.8) is 0 Å². The number of esters is 1. The number of ether oxygens (including phenoxy) is 3. The van der Waals surface area contributed by atoms with Crippen LogP contribution in [0.5, 0.6) is 0 Å². The highest BCUT2D eigenvalue weighted by molar-refractivity contribution is 5.90. The largest absolute Gasteiger partial charge is 0.465 e. The summed E-state index contributed by atoms with van der Waals surface area (Å²) in [5.74, 6) is -0.350. The lowest BCUT2D eigenvalue weighted by atomic mass is 10.1. The lowest BCUT2D eigenvalue weighted by Gasteiger charge is -2.09. The quantitative estimate of drug-likeness (QED) is 0.437. The molecule has 0 radical (unpaired) electrons. The van der Waals surface area contributed by atoms with Gasteiger partial charge in [0.25, 0.3) is 0 Å². The molecule has 0 spiro atoms. The van der Waals surface area contributed by atoms with Gasteiger partial charge in [-0.15, -0.1) is 0 Å². The zero-order chi connectivity index (χ0) is 13.4. The molecule has 18 heavy (non-hydrogen) atoms. The first kappa shape index (κ1) is 14.3. The van der Waals surface area contributed by atoms with Gasteiger partial charge < -0.3 is 14.2 Å². The molecule has 0 aliphatic carbocycles. The van der Waals surface area contributed by atoms with Gasteiger partial charge in [-0.3, -0.25) is 4.99 Å². The Labute approximate surface area is 106 Å². The normalized spacial score (nSPS) is 11.1. The van der Waals surface area contributed by atoms with Crippen molar-refractivity contribution in [1.82, 2.24) is 0 Å². The number of hydrogen-bond acceptors (Lipinski definition) is 5. The van der Waals surface area contributed by atoms with Crippen molar-refractivity contribution in [2.45, 2.75) is 6.29 Å². The molecular formula is C13H17NO4. The van der Waals surface area contributed by atoms with Gasteiger partial charge in [0, 0.05) is 20.4 Å². The maximum atomic E-state index is 11.2. The molecular weight excluding hydrogens is 234 g/mol. The molecule has 0 bridgehead atoms. The van der Waals surface area contributed by atoms with Gasteiger partial charge in [-0.25, -0.2) is 4.79 Å². The summed E-state index contributed by atoms with van der Waals surface area (Å²) in [4.78, 5) is 15.4. The van der Waals surface area contributed by atoms with E-state index in [1.54, 1.807) is 44.7 Å². The summed E-state index contributed by atoms with van der Waals surface area (Å²) < 4.78 is 14.6. The molecule has 5 nitrogen and oxygen atoms in total. The van der Waals surface area contributed by atoms with Gasteiger partial charge in [-0.1, -0.05) is 12.1 Å². The molecule has 1 aromatic carbocycles. The van der Waals surface area contributed by atoms with Crippen molar-refractivity contribution < 1.29 is 19.0 Å². The van der Waals surface area contributed by atoms with Gasteiger partial charge in [-0.05, 0) is 17.7 Å². The third kappa shape index (κ3) is 4.27. The molecule has 0 aliphatic rings. The number of aliphatic imine (C=N–C) groups is 1. The molecule has 0 fully saturated rings. The summed E-state index contributed by atoms with van der Waals surface area (Å²) in [6, 6.07) is 6.98. The Balaban J connectivity index is 2.58. The van der Waals surface area contributed by atoms with Gasteiger partial charge >= 0.3 is 5.97 Å². The van der Waals surface area contributed by atoms with Crippen LogP contribution in [0.2, 0.25) is 0 Å². The smallest absolute Gasteiger partial charge is 0.337 e. The van der Waals surface area contributed by atoms with E-state index in [1.807, 2.05) is 0 Å². The van der Waals surface area contributed by atoms with Crippen molar-refractivity contribution in [2.75, 3.05) is 27.9 Å². The average molecular weight is 251 g/mol. The van der Waals surface area contributed by atoms with Crippen LogP contribution in [0.25, 0.3) is 0 Å². The van der Waals surface area contributed by atoms with E-state index >= 15 is 0 Å². The van der Waals surface area contributed by atoms with Crippen molar-refractivity contribution in [2.24, 2.45) is 4.99 Å². The maximum Gasteiger partial charge on any atom is 0.337 e. The summed E-state index contributed by atoms with van der Waals surface area (Å²) in [6.07, 6.45) is 1.36. The fourth-order valence-electron chi connectivity index (χ4n) is 1.31. The molecule has 0 aliphatic heterocycles. The van der Waals surface area contributed by atoms with Crippen LogP contribution in [0.15, 0.2) is 29.3 Å². The van der Waals surface area contributed by atoms with E-state index in [9.17, 15) is 4.79 Å². The van der Waals surface area contributed by atoms with Gasteiger partial charge in [0.2, 0.25) is 0 Å². The average Bonchev–Trinajstić information content (AvgIpc) is 2.43. The first-order valence-corrected chi connectivity index (χ1v) is 5.45. The number of benzene rings is 1. The molecule has 0 saturated carbocycles. The molecule has 0 amide bonds. The number of carbonyl (C=O) groups excluding carboxylic acids is 1. The van der Waals surface area contributed by atoms with Gasteiger partial charge in [0.05, 0.1) is 19.2 Å². The van der Waals surface area contributed by atoms with Crippen LogP contribution in [0.4, 0.5) is 0 Å². The second kappa shape index (κ2) is 7.58. The summed E-state index contributed by atoms with van der Waals surface area (Å²) in [5.41, 5.74) is 1.41. The predicted molar refractivity (Wildman–Crippen MR) is 68.0 cm³/mol. The van der Waals surface area contributed by atoms with Gasteiger partial charge in [0.15, 0.2) is 6.29 Å². The summed E-state index contributed by atoms with van der Waals surface area (Å²) in [7, 11) is 4.48. The zero-order valence-corrected chi connectivity index (χ0v) is 10.8. The Bertz CT molecular complexity index is 396. The second-order valence-electron chi connectivity index (χ2n) is 3.51. The van der Waals surface area contributed by atoms with Gasteiger partial charge in [0.1, 0.15) is 0 Å². The Morgan fingerprint density at radius 1 is 1.22 bits per heavy atom. The second-order valence-corrected chi connectivity index (χ2v) is 3.51. The standard InChI is InChI=1S/C13H17NO4/c1-16-12(17-2)9-14-8-10-4-6-11(7-5-10)13(15)18-3/h4-8,12H,9H2,1-3H3. The zero-order valence-electron chi connectivity index (χ0n) is 10.8. The minimum absolute atomic E-state index is 0.337. The van der Waals surface area contributed by atoms with E-state index in [0.717, 1.165) is 5.56 Å². The highest BCUT2D eigenvalue weighted by Crippen LogP contribution is 2.04. The summed E-state index contributed by atoms with van der Waals surface area (Å²) in [6.45, 7) is 0.422. The Morgan fingerprint density at radius 3 is 2.33 bits per heavy atom. The van der Waals surface area contributed by atoms with Crippen molar-refractivity contribution in [1.29, 1.82) is 0 Å². The molecule has 98 valence electrons. The highest BCUT2D eigenvalue weighted by atomic mass is 16.7. The summed E-state index contributed by atoms with van der Waals surface area (Å²) >= 11 is 0. The van der Waals surface area contributed by atoms with Crippen LogP contribution in [-0.4, -0.2) is 46.3 Å². The Hall–Kier alpha value is -1.72. The van der Waals surface area contributed by atoms with E-state index in [1.165, 1.54) is 7.11 Å². The van der Waals surface area contributed by atoms with Crippen LogP contribution >= 0.6 is 0 Å². The van der Waals surface area contributed by atoms with E-state index in [-0.39, 0.29) is 12.3 Å². The minimum atomic E-state index is -0.350. The minimum Gasteiger partial charge on any atom is -0.465 e. The van der Waals surface area contributed by atoms with Crippen LogP contribution < -0.4 is 0 Å². The first-order valence-electron chi connectivity index (χ1n) is 5.45. The fourth-order valence-corrected chi connectivity index (χ4v) is 1.31. The molecule has 0 aromatic heterocycles. The van der Waals surface area contributed by atoms with Crippen molar-refractivity contribution >= 4 is 12.2 Å². The van der Waals surface area contributed by atoms with Crippen molar-refractivity contribution in [3.05, 3.63) is 35.4 Å². The lowest BCUT2D eigenvalue weighted by Crippen LogP contribution is -2.16. The van der Waals surface area contributed by atoms with E-state index in [2.05, 4.69) is 9.73 Å². The molecule has 0 saturated heterocycles. The number of carbonyl (C=O) groups is 1. The van der Waals surface area contributed by atoms with Crippen LogP contribution in [0.3, 0.4) is 0 Å². The first-order chi connectivity index (χ1) is 8.71. The lowest BCUT2D eigenvalue weighted by molar-refractivity contribution is -0.0936. The van der Waals surface area contributed by atoms with Crippen LogP contribution in [-0.2, 0) is 14.2 Å². The maximum absolute atomic E-state index is 11.2. The van der Waals surface area contributed by atoms with Gasteiger partial charge in [-0.2, -0.15) is 0 Å². The predicted octanol–water partition coefficient (Wildman–Crippen LogP) is 1.51. The van der Waals surface area contributed by atoms with E-state index < -0.39 is 0 Å². The summed E-state index contributed by atoms with van der Waals surface area (Å²) in [5, 5.41) is 0. The Kier molecular flexibility index (Phi) is 6.04. The monoisotopic (exact) mass is 251 g/mol. The third-order valence-electron chi connectivity index (χ3n) is 2.35. The number of hydrogen-bond donors (Lipinski definition) is 0. The molecule has 5 heteroatoms. The fraction of sp³-hybridized carbons (Fsp3) is 0.385. The SMILES string of the molecule is COC(=O)c1ccc(C=NCC(OC)OC)cc1. The number of nitrogens with zero attached hydrogens (tertiary/aromatic N) is 1. The topological polar surface area (TPSA) is 57.1 Å². The van der Waals surface area contributed by atoms with Crippen LogP contribution in [0, 0.1) is 0 Å².